The SMILES string of the molecule is CN/C(C)=C\C=C(\N)C(C)C. The predicted molar refractivity (Wildman–Crippen MR) is 49.9 cm³/mol. The molecule has 0 aliphatic heterocycles. The van der Waals surface area contributed by atoms with Crippen molar-refractivity contribution in [3.8, 4) is 0 Å². The fraction of sp³-hybridized carbons (Fsp3) is 0.556. The van der Waals surface area contributed by atoms with E-state index in [1.165, 1.54) is 0 Å². The fourth-order valence-electron chi connectivity index (χ4n) is 0.497. The molecule has 64 valence electrons. The number of hydrogen-bond acceptors (Lipinski definition) is 2. The molecule has 0 bridgehead atoms. The minimum Gasteiger partial charge on any atom is -0.402 e. The van der Waals surface area contributed by atoms with Crippen LogP contribution in [0.25, 0.3) is 0 Å². The van der Waals surface area contributed by atoms with Gasteiger partial charge in [-0.15, -0.1) is 0 Å². The first-order valence-corrected chi connectivity index (χ1v) is 3.89. The van der Waals surface area contributed by atoms with E-state index in [1.54, 1.807) is 0 Å². The van der Waals surface area contributed by atoms with Crippen LogP contribution in [0.5, 0.6) is 0 Å². The highest BCUT2D eigenvalue weighted by Crippen LogP contribution is 2.02. The molecule has 0 aliphatic rings. The first-order valence-electron chi connectivity index (χ1n) is 3.89. The van der Waals surface area contributed by atoms with Crippen molar-refractivity contribution < 1.29 is 0 Å². The molecule has 3 N–H and O–H groups in total. The normalized spacial score (nSPS) is 13.9. The third-order valence-electron chi connectivity index (χ3n) is 1.59. The second-order valence-corrected chi connectivity index (χ2v) is 2.92. The van der Waals surface area contributed by atoms with Crippen molar-refractivity contribution >= 4 is 0 Å². The Bertz CT molecular complexity index is 166. The standard InChI is InChI=1S/C9H18N2/c1-7(2)9(10)6-5-8(3)11-4/h5-7,11H,10H2,1-4H3/b8-5-,9-6+. The van der Waals surface area contributed by atoms with Crippen LogP contribution in [0, 0.1) is 5.92 Å². The van der Waals surface area contributed by atoms with Crippen molar-refractivity contribution in [2.75, 3.05) is 7.05 Å². The lowest BCUT2D eigenvalue weighted by Crippen LogP contribution is -2.05. The van der Waals surface area contributed by atoms with E-state index in [2.05, 4.69) is 19.2 Å². The average Bonchev–Trinajstić information content (AvgIpc) is 1.99. The molecule has 2 nitrogen and oxygen atoms in total. The Morgan fingerprint density at radius 1 is 1.36 bits per heavy atom. The summed E-state index contributed by atoms with van der Waals surface area (Å²) in [5.74, 6) is 0.427. The van der Waals surface area contributed by atoms with Gasteiger partial charge < -0.3 is 11.1 Å². The molecule has 0 amide bonds. The molecule has 0 aromatic rings. The van der Waals surface area contributed by atoms with Gasteiger partial charge in [0.2, 0.25) is 0 Å². The topological polar surface area (TPSA) is 38.0 Å². The first-order chi connectivity index (χ1) is 5.07. The maximum atomic E-state index is 5.71. The molecule has 0 aromatic heterocycles. The van der Waals surface area contributed by atoms with Crippen molar-refractivity contribution in [2.24, 2.45) is 11.7 Å². The van der Waals surface area contributed by atoms with Crippen LogP contribution in [-0.4, -0.2) is 7.05 Å². The summed E-state index contributed by atoms with van der Waals surface area (Å²) in [6, 6.07) is 0. The minimum atomic E-state index is 0.427. The molecule has 2 heteroatoms. The van der Waals surface area contributed by atoms with E-state index in [1.807, 2.05) is 26.1 Å². The van der Waals surface area contributed by atoms with Gasteiger partial charge in [-0.25, -0.2) is 0 Å². The van der Waals surface area contributed by atoms with Crippen LogP contribution < -0.4 is 11.1 Å². The van der Waals surface area contributed by atoms with E-state index in [-0.39, 0.29) is 0 Å². The minimum absolute atomic E-state index is 0.427. The number of rotatable bonds is 3. The summed E-state index contributed by atoms with van der Waals surface area (Å²) in [5, 5.41) is 3.02. The molecular formula is C9H18N2. The van der Waals surface area contributed by atoms with Crippen LogP contribution in [0.4, 0.5) is 0 Å². The summed E-state index contributed by atoms with van der Waals surface area (Å²) in [5.41, 5.74) is 7.74. The summed E-state index contributed by atoms with van der Waals surface area (Å²) >= 11 is 0. The lowest BCUT2D eigenvalue weighted by Gasteiger charge is -2.03. The van der Waals surface area contributed by atoms with Crippen LogP contribution >= 0.6 is 0 Å². The molecule has 0 aliphatic carbocycles. The zero-order valence-corrected chi connectivity index (χ0v) is 7.81. The van der Waals surface area contributed by atoms with Crippen LogP contribution in [-0.2, 0) is 0 Å². The Morgan fingerprint density at radius 3 is 2.27 bits per heavy atom. The van der Waals surface area contributed by atoms with Crippen molar-refractivity contribution in [1.29, 1.82) is 0 Å². The van der Waals surface area contributed by atoms with Crippen molar-refractivity contribution in [3.05, 3.63) is 23.5 Å². The molecule has 0 saturated heterocycles. The Morgan fingerprint density at radius 2 is 1.91 bits per heavy atom. The lowest BCUT2D eigenvalue weighted by molar-refractivity contribution is 0.757. The quantitative estimate of drug-likeness (QED) is 0.606. The van der Waals surface area contributed by atoms with Crippen LogP contribution in [0.15, 0.2) is 23.5 Å². The van der Waals surface area contributed by atoms with Gasteiger partial charge in [0.15, 0.2) is 0 Å². The molecule has 0 heterocycles. The van der Waals surface area contributed by atoms with Gasteiger partial charge in [0.25, 0.3) is 0 Å². The molecule has 0 radical (unpaired) electrons. The van der Waals surface area contributed by atoms with Crippen molar-refractivity contribution in [3.63, 3.8) is 0 Å². The van der Waals surface area contributed by atoms with Gasteiger partial charge in [-0.2, -0.15) is 0 Å². The maximum absolute atomic E-state index is 5.71. The van der Waals surface area contributed by atoms with E-state index in [0.717, 1.165) is 11.4 Å². The van der Waals surface area contributed by atoms with Gasteiger partial charge in [-0.3, -0.25) is 0 Å². The molecule has 0 aromatic carbocycles. The first kappa shape index (κ1) is 10.1. The third kappa shape index (κ3) is 4.48. The summed E-state index contributed by atoms with van der Waals surface area (Å²) in [7, 11) is 1.89. The second kappa shape index (κ2) is 4.83. The molecule has 0 spiro atoms. The summed E-state index contributed by atoms with van der Waals surface area (Å²) in [4.78, 5) is 0. The van der Waals surface area contributed by atoms with Gasteiger partial charge in [0.05, 0.1) is 0 Å². The Kier molecular flexibility index (Phi) is 4.42. The largest absolute Gasteiger partial charge is 0.402 e. The monoisotopic (exact) mass is 154 g/mol. The van der Waals surface area contributed by atoms with Gasteiger partial charge in [-0.1, -0.05) is 13.8 Å². The van der Waals surface area contributed by atoms with Gasteiger partial charge in [-0.05, 0) is 25.0 Å². The fourth-order valence-corrected chi connectivity index (χ4v) is 0.497. The lowest BCUT2D eigenvalue weighted by atomic mass is 10.1. The van der Waals surface area contributed by atoms with E-state index >= 15 is 0 Å². The van der Waals surface area contributed by atoms with Gasteiger partial charge in [0, 0.05) is 18.4 Å². The molecule has 0 fully saturated rings. The number of hydrogen-bond donors (Lipinski definition) is 2. The summed E-state index contributed by atoms with van der Waals surface area (Å²) in [6.07, 6.45) is 3.92. The highest BCUT2D eigenvalue weighted by atomic mass is 14.8. The molecule has 0 atom stereocenters. The molecule has 0 saturated carbocycles. The zero-order valence-electron chi connectivity index (χ0n) is 7.81. The zero-order chi connectivity index (χ0) is 8.85. The number of nitrogens with two attached hydrogens (primary N) is 1. The van der Waals surface area contributed by atoms with E-state index in [4.69, 9.17) is 5.73 Å². The van der Waals surface area contributed by atoms with E-state index < -0.39 is 0 Å². The summed E-state index contributed by atoms with van der Waals surface area (Å²) < 4.78 is 0. The predicted octanol–water partition coefficient (Wildman–Crippen LogP) is 1.61. The van der Waals surface area contributed by atoms with Crippen molar-refractivity contribution in [2.45, 2.75) is 20.8 Å². The van der Waals surface area contributed by atoms with Crippen LogP contribution in [0.1, 0.15) is 20.8 Å². The number of nitrogens with one attached hydrogen (secondary N) is 1. The molecule has 0 rings (SSSR count). The van der Waals surface area contributed by atoms with Crippen molar-refractivity contribution in [1.82, 2.24) is 5.32 Å². The Balaban J connectivity index is 4.11. The van der Waals surface area contributed by atoms with E-state index in [9.17, 15) is 0 Å². The average molecular weight is 154 g/mol. The van der Waals surface area contributed by atoms with Crippen LogP contribution in [0.2, 0.25) is 0 Å². The molecular weight excluding hydrogens is 136 g/mol. The second-order valence-electron chi connectivity index (χ2n) is 2.92. The summed E-state index contributed by atoms with van der Waals surface area (Å²) in [6.45, 7) is 6.16. The van der Waals surface area contributed by atoms with Gasteiger partial charge >= 0.3 is 0 Å². The third-order valence-corrected chi connectivity index (χ3v) is 1.59. The van der Waals surface area contributed by atoms with Crippen LogP contribution in [0.3, 0.4) is 0 Å². The highest BCUT2D eigenvalue weighted by molar-refractivity contribution is 5.14. The maximum Gasteiger partial charge on any atom is 0.0107 e. The molecule has 11 heavy (non-hydrogen) atoms. The van der Waals surface area contributed by atoms with E-state index in [0.29, 0.717) is 5.92 Å². The highest BCUT2D eigenvalue weighted by Gasteiger charge is 1.93. The Hall–Kier alpha value is -0.920. The Labute approximate surface area is 69.2 Å². The number of allylic oxidation sites excluding steroid dienone is 4. The molecule has 0 unspecified atom stereocenters. The van der Waals surface area contributed by atoms with Gasteiger partial charge in [0.1, 0.15) is 0 Å². The smallest absolute Gasteiger partial charge is 0.0107 e.